The fourth-order valence-corrected chi connectivity index (χ4v) is 2.42. The summed E-state index contributed by atoms with van der Waals surface area (Å²) in [6.07, 6.45) is 1.67. The van der Waals surface area contributed by atoms with Gasteiger partial charge in [0.05, 0.1) is 0 Å². The van der Waals surface area contributed by atoms with E-state index in [-0.39, 0.29) is 0 Å². The topological polar surface area (TPSA) is 50.2 Å². The van der Waals surface area contributed by atoms with Crippen molar-refractivity contribution in [3.63, 3.8) is 0 Å². The molecule has 0 radical (unpaired) electrons. The Labute approximate surface area is 75.4 Å². The molecule has 1 unspecified atom stereocenters. The smallest absolute Gasteiger partial charge is 0.196 e. The standard InChI is InChI=1S/C7H5NO2S2/c9-12(10)6-4-5-2-1-3-8-7(5)11-6/h1-4H,(H,9,10). The van der Waals surface area contributed by atoms with Crippen LogP contribution in [0.4, 0.5) is 0 Å². The van der Waals surface area contributed by atoms with Crippen LogP contribution in [0.3, 0.4) is 0 Å². The summed E-state index contributed by atoms with van der Waals surface area (Å²) in [7, 11) is 0. The second-order valence-corrected chi connectivity index (χ2v) is 4.44. The van der Waals surface area contributed by atoms with Gasteiger partial charge in [0.15, 0.2) is 11.1 Å². The SMILES string of the molecule is O=S(O)c1cc2cccnc2s1. The molecule has 62 valence electrons. The minimum absolute atomic E-state index is 0.448. The first-order chi connectivity index (χ1) is 5.77. The van der Waals surface area contributed by atoms with Crippen LogP contribution in [0.2, 0.25) is 0 Å². The summed E-state index contributed by atoms with van der Waals surface area (Å²) < 4.78 is 19.9. The molecule has 12 heavy (non-hydrogen) atoms. The normalized spacial score (nSPS) is 13.4. The van der Waals surface area contributed by atoms with Gasteiger partial charge in [-0.1, -0.05) is 6.07 Å². The van der Waals surface area contributed by atoms with Crippen molar-refractivity contribution in [3.8, 4) is 0 Å². The van der Waals surface area contributed by atoms with Gasteiger partial charge in [-0.05, 0) is 12.1 Å². The Morgan fingerprint density at radius 3 is 3.08 bits per heavy atom. The maximum absolute atomic E-state index is 10.7. The summed E-state index contributed by atoms with van der Waals surface area (Å²) in [5.74, 6) is 0. The summed E-state index contributed by atoms with van der Waals surface area (Å²) >= 11 is -0.639. The van der Waals surface area contributed by atoms with Gasteiger partial charge in [0, 0.05) is 11.6 Å². The van der Waals surface area contributed by atoms with Crippen molar-refractivity contribution in [1.29, 1.82) is 0 Å². The minimum atomic E-state index is -1.88. The number of pyridine rings is 1. The fourth-order valence-electron chi connectivity index (χ4n) is 0.936. The number of hydrogen-bond donors (Lipinski definition) is 1. The molecule has 2 aromatic rings. The lowest BCUT2D eigenvalue weighted by atomic mass is 10.4. The molecule has 0 spiro atoms. The third-order valence-electron chi connectivity index (χ3n) is 1.44. The van der Waals surface area contributed by atoms with E-state index in [0.717, 1.165) is 10.2 Å². The van der Waals surface area contributed by atoms with Crippen molar-refractivity contribution in [2.75, 3.05) is 0 Å². The van der Waals surface area contributed by atoms with Gasteiger partial charge in [-0.15, -0.1) is 11.3 Å². The average molecular weight is 199 g/mol. The number of thiophene rings is 1. The second kappa shape index (κ2) is 2.93. The van der Waals surface area contributed by atoms with Gasteiger partial charge in [-0.3, -0.25) is 0 Å². The molecular formula is C7H5NO2S2. The molecule has 3 nitrogen and oxygen atoms in total. The second-order valence-electron chi connectivity index (χ2n) is 2.21. The van der Waals surface area contributed by atoms with Crippen molar-refractivity contribution in [1.82, 2.24) is 4.98 Å². The molecular weight excluding hydrogens is 194 g/mol. The predicted molar refractivity (Wildman–Crippen MR) is 48.7 cm³/mol. The van der Waals surface area contributed by atoms with Crippen molar-refractivity contribution in [2.45, 2.75) is 4.21 Å². The number of rotatable bonds is 1. The van der Waals surface area contributed by atoms with Crippen LogP contribution in [0, 0.1) is 0 Å². The van der Waals surface area contributed by atoms with Crippen LogP contribution in [-0.2, 0) is 11.1 Å². The lowest BCUT2D eigenvalue weighted by molar-refractivity contribution is 0.566. The molecule has 0 amide bonds. The van der Waals surface area contributed by atoms with Crippen LogP contribution in [0.1, 0.15) is 0 Å². The van der Waals surface area contributed by atoms with Crippen LogP contribution < -0.4 is 0 Å². The Bertz CT molecular complexity index is 405. The Balaban J connectivity index is 2.70. The largest absolute Gasteiger partial charge is 0.302 e. The van der Waals surface area contributed by atoms with Gasteiger partial charge >= 0.3 is 0 Å². The van der Waals surface area contributed by atoms with Crippen molar-refractivity contribution >= 4 is 32.6 Å². The molecule has 1 atom stereocenters. The first-order valence-electron chi connectivity index (χ1n) is 3.23. The molecule has 0 aliphatic rings. The molecule has 1 N–H and O–H groups in total. The summed E-state index contributed by atoms with van der Waals surface area (Å²) in [6.45, 7) is 0. The lowest BCUT2D eigenvalue weighted by Gasteiger charge is -1.81. The molecule has 0 aromatic carbocycles. The zero-order valence-electron chi connectivity index (χ0n) is 5.93. The maximum atomic E-state index is 10.7. The monoisotopic (exact) mass is 199 g/mol. The quantitative estimate of drug-likeness (QED) is 0.713. The molecule has 0 fully saturated rings. The number of fused-ring (bicyclic) bond motifs is 1. The van der Waals surface area contributed by atoms with Crippen LogP contribution in [-0.4, -0.2) is 13.7 Å². The predicted octanol–water partition coefficient (Wildman–Crippen LogP) is 1.88. The molecule has 2 heterocycles. The van der Waals surface area contributed by atoms with Crippen LogP contribution >= 0.6 is 11.3 Å². The number of nitrogens with zero attached hydrogens (tertiary/aromatic N) is 1. The molecule has 0 saturated carbocycles. The molecule has 0 aliphatic carbocycles. The van der Waals surface area contributed by atoms with Gasteiger partial charge in [0.25, 0.3) is 0 Å². The minimum Gasteiger partial charge on any atom is -0.302 e. The lowest BCUT2D eigenvalue weighted by Crippen LogP contribution is -1.79. The zero-order chi connectivity index (χ0) is 8.55. The molecule has 5 heteroatoms. The summed E-state index contributed by atoms with van der Waals surface area (Å²) in [4.78, 5) is 4.86. The van der Waals surface area contributed by atoms with Gasteiger partial charge in [-0.2, -0.15) is 0 Å². The van der Waals surface area contributed by atoms with E-state index in [1.165, 1.54) is 11.3 Å². The Morgan fingerprint density at radius 1 is 1.58 bits per heavy atom. The highest BCUT2D eigenvalue weighted by atomic mass is 32.2. The van der Waals surface area contributed by atoms with E-state index in [1.54, 1.807) is 18.3 Å². The average Bonchev–Trinajstić information content (AvgIpc) is 2.46. The van der Waals surface area contributed by atoms with E-state index < -0.39 is 11.1 Å². The van der Waals surface area contributed by atoms with E-state index in [9.17, 15) is 4.21 Å². The summed E-state index contributed by atoms with van der Waals surface area (Å²) in [6, 6.07) is 5.36. The molecule has 0 bridgehead atoms. The van der Waals surface area contributed by atoms with Crippen LogP contribution in [0.5, 0.6) is 0 Å². The van der Waals surface area contributed by atoms with Crippen molar-refractivity contribution in [3.05, 3.63) is 24.4 Å². The zero-order valence-corrected chi connectivity index (χ0v) is 7.56. The molecule has 0 saturated heterocycles. The molecule has 2 rings (SSSR count). The van der Waals surface area contributed by atoms with Crippen molar-refractivity contribution in [2.24, 2.45) is 0 Å². The van der Waals surface area contributed by atoms with E-state index in [2.05, 4.69) is 4.98 Å². The fraction of sp³-hybridized carbons (Fsp3) is 0. The number of aromatic nitrogens is 1. The van der Waals surface area contributed by atoms with E-state index in [4.69, 9.17) is 4.55 Å². The molecule has 0 aliphatic heterocycles. The summed E-state index contributed by atoms with van der Waals surface area (Å²) in [5.41, 5.74) is 0. The van der Waals surface area contributed by atoms with Crippen molar-refractivity contribution < 1.29 is 8.76 Å². The van der Waals surface area contributed by atoms with Gasteiger partial charge in [-0.25, -0.2) is 9.19 Å². The number of hydrogen-bond acceptors (Lipinski definition) is 3. The third kappa shape index (κ3) is 1.26. The Kier molecular flexibility index (Phi) is 1.92. The highest BCUT2D eigenvalue weighted by Gasteiger charge is 2.05. The first-order valence-corrected chi connectivity index (χ1v) is 5.15. The Hall–Kier alpha value is -0.780. The van der Waals surface area contributed by atoms with E-state index >= 15 is 0 Å². The third-order valence-corrected chi connectivity index (χ3v) is 3.44. The Morgan fingerprint density at radius 2 is 2.42 bits per heavy atom. The van der Waals surface area contributed by atoms with Gasteiger partial charge in [0.1, 0.15) is 9.04 Å². The maximum Gasteiger partial charge on any atom is 0.196 e. The highest BCUT2D eigenvalue weighted by molar-refractivity contribution is 7.82. The first kappa shape index (κ1) is 7.85. The highest BCUT2D eigenvalue weighted by Crippen LogP contribution is 2.24. The van der Waals surface area contributed by atoms with Gasteiger partial charge in [0.2, 0.25) is 0 Å². The molecule has 2 aromatic heterocycles. The van der Waals surface area contributed by atoms with Gasteiger partial charge < -0.3 is 4.55 Å². The van der Waals surface area contributed by atoms with Crippen LogP contribution in [0.25, 0.3) is 10.2 Å². The van der Waals surface area contributed by atoms with Crippen LogP contribution in [0.15, 0.2) is 28.6 Å². The van der Waals surface area contributed by atoms with E-state index in [0.29, 0.717) is 4.21 Å². The van der Waals surface area contributed by atoms with E-state index in [1.807, 2.05) is 6.07 Å². The summed E-state index contributed by atoms with van der Waals surface area (Å²) in [5, 5.41) is 0.917.